The van der Waals surface area contributed by atoms with Gasteiger partial charge in [-0.25, -0.2) is 4.98 Å². The molecular weight excluding hydrogens is 252 g/mol. The number of hydrogen-bond donors (Lipinski definition) is 1. The number of amides is 1. The average molecular weight is 266 g/mol. The molecule has 0 aliphatic heterocycles. The molecule has 0 atom stereocenters. The van der Waals surface area contributed by atoms with Crippen molar-refractivity contribution in [2.24, 2.45) is 0 Å². The maximum atomic E-state index is 12.3. The summed E-state index contributed by atoms with van der Waals surface area (Å²) in [6, 6.07) is 12.3. The summed E-state index contributed by atoms with van der Waals surface area (Å²) in [5.74, 6) is 0.295. The fourth-order valence-corrected chi connectivity index (χ4v) is 1.81. The average Bonchev–Trinajstić information content (AvgIpc) is 2.47. The van der Waals surface area contributed by atoms with E-state index in [2.05, 4.69) is 10.3 Å². The number of para-hydroxylation sites is 1. The van der Waals surface area contributed by atoms with Crippen molar-refractivity contribution in [2.45, 2.75) is 0 Å². The standard InChI is InChI=1S/C15H14N4O/c1-19(2)14-12(7-5-9-17-14)15(20)18-13-8-4-3-6-11(13)10-16/h3-9H,1-2H3,(H,18,20). The molecule has 0 bridgehead atoms. The molecule has 1 amide bonds. The number of pyridine rings is 1. The van der Waals surface area contributed by atoms with Gasteiger partial charge in [-0.2, -0.15) is 5.26 Å². The highest BCUT2D eigenvalue weighted by Crippen LogP contribution is 2.19. The zero-order valence-electron chi connectivity index (χ0n) is 11.3. The Kier molecular flexibility index (Phi) is 3.96. The minimum atomic E-state index is -0.288. The van der Waals surface area contributed by atoms with E-state index in [0.717, 1.165) is 0 Å². The van der Waals surface area contributed by atoms with Crippen LogP contribution in [0.15, 0.2) is 42.6 Å². The Morgan fingerprint density at radius 2 is 2.00 bits per heavy atom. The second-order valence-corrected chi connectivity index (χ2v) is 4.38. The van der Waals surface area contributed by atoms with Crippen molar-refractivity contribution in [2.75, 3.05) is 24.3 Å². The van der Waals surface area contributed by atoms with Crippen LogP contribution in [0.3, 0.4) is 0 Å². The summed E-state index contributed by atoms with van der Waals surface area (Å²) in [4.78, 5) is 18.3. The summed E-state index contributed by atoms with van der Waals surface area (Å²) in [5.41, 5.74) is 1.38. The Bertz CT molecular complexity index is 674. The van der Waals surface area contributed by atoms with Crippen LogP contribution in [-0.2, 0) is 0 Å². The van der Waals surface area contributed by atoms with Crippen molar-refractivity contribution >= 4 is 17.4 Å². The molecule has 0 spiro atoms. The first-order chi connectivity index (χ1) is 9.63. The molecule has 0 saturated carbocycles. The van der Waals surface area contributed by atoms with Gasteiger partial charge in [0.25, 0.3) is 5.91 Å². The van der Waals surface area contributed by atoms with Crippen LogP contribution in [0.4, 0.5) is 11.5 Å². The molecule has 0 aliphatic rings. The van der Waals surface area contributed by atoms with Gasteiger partial charge in [0.15, 0.2) is 0 Å². The molecule has 2 aromatic rings. The molecule has 0 unspecified atom stereocenters. The third-order valence-electron chi connectivity index (χ3n) is 2.75. The van der Waals surface area contributed by atoms with Gasteiger partial charge in [-0.3, -0.25) is 4.79 Å². The highest BCUT2D eigenvalue weighted by Gasteiger charge is 2.14. The number of nitrogens with zero attached hydrogens (tertiary/aromatic N) is 3. The van der Waals surface area contributed by atoms with E-state index < -0.39 is 0 Å². The van der Waals surface area contributed by atoms with Gasteiger partial charge < -0.3 is 10.2 Å². The Morgan fingerprint density at radius 1 is 1.25 bits per heavy atom. The molecule has 100 valence electrons. The van der Waals surface area contributed by atoms with Crippen LogP contribution in [0.25, 0.3) is 0 Å². The molecule has 1 heterocycles. The number of hydrogen-bond acceptors (Lipinski definition) is 4. The molecule has 5 heteroatoms. The largest absolute Gasteiger partial charge is 0.362 e. The summed E-state index contributed by atoms with van der Waals surface area (Å²) in [5, 5.41) is 11.8. The van der Waals surface area contributed by atoms with Crippen molar-refractivity contribution in [3.63, 3.8) is 0 Å². The highest BCUT2D eigenvalue weighted by atomic mass is 16.1. The van der Waals surface area contributed by atoms with Crippen LogP contribution in [0.2, 0.25) is 0 Å². The number of carbonyl (C=O) groups excluding carboxylic acids is 1. The Labute approximate surface area is 117 Å². The van der Waals surface area contributed by atoms with E-state index in [1.165, 1.54) is 0 Å². The molecule has 0 fully saturated rings. The number of benzene rings is 1. The van der Waals surface area contributed by atoms with E-state index in [0.29, 0.717) is 22.6 Å². The number of nitrogens with one attached hydrogen (secondary N) is 1. The van der Waals surface area contributed by atoms with E-state index in [9.17, 15) is 4.79 Å². The zero-order valence-corrected chi connectivity index (χ0v) is 11.3. The first-order valence-corrected chi connectivity index (χ1v) is 6.06. The van der Waals surface area contributed by atoms with Crippen LogP contribution in [0.1, 0.15) is 15.9 Å². The maximum absolute atomic E-state index is 12.3. The van der Waals surface area contributed by atoms with E-state index in [1.54, 1.807) is 47.5 Å². The summed E-state index contributed by atoms with van der Waals surface area (Å²) >= 11 is 0. The van der Waals surface area contributed by atoms with Crippen LogP contribution >= 0.6 is 0 Å². The molecule has 5 nitrogen and oxygen atoms in total. The topological polar surface area (TPSA) is 69.0 Å². The summed E-state index contributed by atoms with van der Waals surface area (Å²) in [7, 11) is 3.64. The molecule has 1 aromatic heterocycles. The van der Waals surface area contributed by atoms with Crippen molar-refractivity contribution in [3.05, 3.63) is 53.7 Å². The second kappa shape index (κ2) is 5.85. The predicted molar refractivity (Wildman–Crippen MR) is 77.7 cm³/mol. The lowest BCUT2D eigenvalue weighted by Crippen LogP contribution is -2.20. The van der Waals surface area contributed by atoms with Crippen molar-refractivity contribution < 1.29 is 4.79 Å². The first-order valence-electron chi connectivity index (χ1n) is 6.06. The van der Waals surface area contributed by atoms with Gasteiger partial charge in [0, 0.05) is 20.3 Å². The second-order valence-electron chi connectivity index (χ2n) is 4.38. The summed E-state index contributed by atoms with van der Waals surface area (Å²) < 4.78 is 0. The fourth-order valence-electron chi connectivity index (χ4n) is 1.81. The molecule has 20 heavy (non-hydrogen) atoms. The van der Waals surface area contributed by atoms with Crippen LogP contribution < -0.4 is 10.2 Å². The number of anilines is 2. The van der Waals surface area contributed by atoms with Crippen LogP contribution in [-0.4, -0.2) is 25.0 Å². The number of nitriles is 1. The van der Waals surface area contributed by atoms with E-state index in [4.69, 9.17) is 5.26 Å². The van der Waals surface area contributed by atoms with Gasteiger partial charge >= 0.3 is 0 Å². The maximum Gasteiger partial charge on any atom is 0.259 e. The van der Waals surface area contributed by atoms with Gasteiger partial charge in [-0.05, 0) is 24.3 Å². The first kappa shape index (κ1) is 13.6. The molecule has 1 aromatic carbocycles. The molecule has 1 N–H and O–H groups in total. The van der Waals surface area contributed by atoms with Gasteiger partial charge in [-0.1, -0.05) is 12.1 Å². The predicted octanol–water partition coefficient (Wildman–Crippen LogP) is 2.27. The molecule has 2 rings (SSSR count). The Morgan fingerprint density at radius 3 is 2.70 bits per heavy atom. The molecule has 0 saturated heterocycles. The quantitative estimate of drug-likeness (QED) is 0.925. The monoisotopic (exact) mass is 266 g/mol. The van der Waals surface area contributed by atoms with Gasteiger partial charge in [0.1, 0.15) is 11.9 Å². The van der Waals surface area contributed by atoms with Crippen molar-refractivity contribution in [3.8, 4) is 6.07 Å². The molecular formula is C15H14N4O. The Balaban J connectivity index is 2.32. The third kappa shape index (κ3) is 2.75. The lowest BCUT2D eigenvalue weighted by molar-refractivity contribution is 0.102. The van der Waals surface area contributed by atoms with Crippen LogP contribution in [0, 0.1) is 11.3 Å². The van der Waals surface area contributed by atoms with E-state index >= 15 is 0 Å². The van der Waals surface area contributed by atoms with Gasteiger partial charge in [-0.15, -0.1) is 0 Å². The normalized spacial score (nSPS) is 9.65. The van der Waals surface area contributed by atoms with Gasteiger partial charge in [0.2, 0.25) is 0 Å². The SMILES string of the molecule is CN(C)c1ncccc1C(=O)Nc1ccccc1C#N. The Hall–Kier alpha value is -2.87. The summed E-state index contributed by atoms with van der Waals surface area (Å²) in [6.45, 7) is 0. The smallest absolute Gasteiger partial charge is 0.259 e. The third-order valence-corrected chi connectivity index (χ3v) is 2.75. The highest BCUT2D eigenvalue weighted by molar-refractivity contribution is 6.08. The number of aromatic nitrogens is 1. The van der Waals surface area contributed by atoms with Crippen LogP contribution in [0.5, 0.6) is 0 Å². The number of carbonyl (C=O) groups is 1. The van der Waals surface area contributed by atoms with Gasteiger partial charge in [0.05, 0.1) is 16.8 Å². The van der Waals surface area contributed by atoms with E-state index in [-0.39, 0.29) is 5.91 Å². The van der Waals surface area contributed by atoms with E-state index in [1.807, 2.05) is 20.2 Å². The fraction of sp³-hybridized carbons (Fsp3) is 0.133. The number of rotatable bonds is 3. The van der Waals surface area contributed by atoms with Crippen molar-refractivity contribution in [1.29, 1.82) is 5.26 Å². The lowest BCUT2D eigenvalue weighted by atomic mass is 10.1. The lowest BCUT2D eigenvalue weighted by Gasteiger charge is -2.15. The minimum Gasteiger partial charge on any atom is -0.362 e. The molecule has 0 radical (unpaired) electrons. The minimum absolute atomic E-state index is 0.288. The zero-order chi connectivity index (χ0) is 14.5. The van der Waals surface area contributed by atoms with Crippen molar-refractivity contribution in [1.82, 2.24) is 4.98 Å². The summed E-state index contributed by atoms with van der Waals surface area (Å²) in [6.07, 6.45) is 1.63. The molecule has 0 aliphatic carbocycles.